The average molecular weight is 283 g/mol. The van der Waals surface area contributed by atoms with Crippen LogP contribution in [0.15, 0.2) is 61.2 Å². The number of nitrogens with one attached hydrogen (secondary N) is 1. The molecule has 0 spiro atoms. The van der Waals surface area contributed by atoms with Crippen molar-refractivity contribution in [2.45, 2.75) is 6.92 Å². The molecule has 108 valence electrons. The molecular formula is C17H17NO3. The molecule has 0 saturated carbocycles. The number of amides is 1. The standard InChI is InChI=1S/C17H17NO3/c1-3-11-20-17-10-9-15(12-16(17)18-13(2)19)21-14-7-5-4-6-8-14/h3-10,12H,1,11H2,2H3,(H,18,19). The van der Waals surface area contributed by atoms with E-state index in [1.165, 1.54) is 6.92 Å². The molecule has 0 unspecified atom stereocenters. The fourth-order valence-corrected chi connectivity index (χ4v) is 1.76. The van der Waals surface area contributed by atoms with Gasteiger partial charge < -0.3 is 14.8 Å². The third-order valence-electron chi connectivity index (χ3n) is 2.60. The molecule has 1 N–H and O–H groups in total. The van der Waals surface area contributed by atoms with Gasteiger partial charge >= 0.3 is 0 Å². The maximum absolute atomic E-state index is 11.3. The zero-order valence-electron chi connectivity index (χ0n) is 11.8. The van der Waals surface area contributed by atoms with E-state index in [9.17, 15) is 4.79 Å². The number of para-hydroxylation sites is 1. The van der Waals surface area contributed by atoms with Gasteiger partial charge in [-0.3, -0.25) is 4.79 Å². The molecule has 0 aliphatic heterocycles. The highest BCUT2D eigenvalue weighted by Gasteiger charge is 2.08. The summed E-state index contributed by atoms with van der Waals surface area (Å²) < 4.78 is 11.2. The second-order valence-corrected chi connectivity index (χ2v) is 4.35. The molecule has 0 atom stereocenters. The Morgan fingerprint density at radius 3 is 2.62 bits per heavy atom. The molecule has 2 aromatic carbocycles. The van der Waals surface area contributed by atoms with E-state index in [1.54, 1.807) is 24.3 Å². The maximum Gasteiger partial charge on any atom is 0.221 e. The summed E-state index contributed by atoms with van der Waals surface area (Å²) in [4.78, 5) is 11.3. The number of benzene rings is 2. The SMILES string of the molecule is C=CCOc1ccc(Oc2ccccc2)cc1NC(C)=O. The predicted molar refractivity (Wildman–Crippen MR) is 83.0 cm³/mol. The third-order valence-corrected chi connectivity index (χ3v) is 2.60. The van der Waals surface area contributed by atoms with Gasteiger partial charge in [-0.25, -0.2) is 0 Å². The van der Waals surface area contributed by atoms with Crippen LogP contribution >= 0.6 is 0 Å². The first-order chi connectivity index (χ1) is 10.2. The Labute approximate surface area is 124 Å². The fourth-order valence-electron chi connectivity index (χ4n) is 1.76. The molecule has 21 heavy (non-hydrogen) atoms. The van der Waals surface area contributed by atoms with E-state index in [0.29, 0.717) is 23.8 Å². The van der Waals surface area contributed by atoms with Crippen molar-refractivity contribution in [1.82, 2.24) is 0 Å². The molecule has 4 nitrogen and oxygen atoms in total. The monoisotopic (exact) mass is 283 g/mol. The van der Waals surface area contributed by atoms with Crippen LogP contribution in [0.3, 0.4) is 0 Å². The van der Waals surface area contributed by atoms with Crippen LogP contribution in [-0.2, 0) is 4.79 Å². The number of hydrogen-bond donors (Lipinski definition) is 1. The summed E-state index contributed by atoms with van der Waals surface area (Å²) in [5.41, 5.74) is 0.567. The molecule has 0 heterocycles. The number of rotatable bonds is 6. The summed E-state index contributed by atoms with van der Waals surface area (Å²) in [5, 5.41) is 2.73. The van der Waals surface area contributed by atoms with E-state index in [4.69, 9.17) is 9.47 Å². The van der Waals surface area contributed by atoms with Gasteiger partial charge in [0.15, 0.2) is 0 Å². The molecule has 0 fully saturated rings. The van der Waals surface area contributed by atoms with Crippen LogP contribution < -0.4 is 14.8 Å². The number of ether oxygens (including phenoxy) is 2. The zero-order valence-corrected chi connectivity index (χ0v) is 11.8. The van der Waals surface area contributed by atoms with E-state index in [1.807, 2.05) is 30.3 Å². The Bertz CT molecular complexity index is 623. The van der Waals surface area contributed by atoms with Crippen LogP contribution in [0.2, 0.25) is 0 Å². The molecule has 0 bridgehead atoms. The number of hydrogen-bond acceptors (Lipinski definition) is 3. The van der Waals surface area contributed by atoms with E-state index >= 15 is 0 Å². The van der Waals surface area contributed by atoms with Crippen LogP contribution in [0.4, 0.5) is 5.69 Å². The first-order valence-corrected chi connectivity index (χ1v) is 6.57. The van der Waals surface area contributed by atoms with Crippen LogP contribution in [0.5, 0.6) is 17.2 Å². The highest BCUT2D eigenvalue weighted by Crippen LogP contribution is 2.31. The first kappa shape index (κ1) is 14.7. The van der Waals surface area contributed by atoms with E-state index in [-0.39, 0.29) is 5.91 Å². The van der Waals surface area contributed by atoms with Gasteiger partial charge in [0.25, 0.3) is 0 Å². The maximum atomic E-state index is 11.3. The molecular weight excluding hydrogens is 266 g/mol. The summed E-state index contributed by atoms with van der Waals surface area (Å²) in [5.74, 6) is 1.75. The van der Waals surface area contributed by atoms with Crippen molar-refractivity contribution in [3.63, 3.8) is 0 Å². The third kappa shape index (κ3) is 4.38. The van der Waals surface area contributed by atoms with E-state index < -0.39 is 0 Å². The lowest BCUT2D eigenvalue weighted by molar-refractivity contribution is -0.114. The summed E-state index contributed by atoms with van der Waals surface area (Å²) in [6.45, 7) is 5.42. The number of anilines is 1. The molecule has 4 heteroatoms. The molecule has 0 aromatic heterocycles. The number of carbonyl (C=O) groups excluding carboxylic acids is 1. The van der Waals surface area contributed by atoms with Crippen molar-refractivity contribution < 1.29 is 14.3 Å². The second-order valence-electron chi connectivity index (χ2n) is 4.35. The lowest BCUT2D eigenvalue weighted by Gasteiger charge is -2.13. The van der Waals surface area contributed by atoms with Crippen molar-refractivity contribution in [1.29, 1.82) is 0 Å². The minimum absolute atomic E-state index is 0.171. The Morgan fingerprint density at radius 1 is 1.19 bits per heavy atom. The molecule has 2 aromatic rings. The Balaban J connectivity index is 2.23. The van der Waals surface area contributed by atoms with Crippen molar-refractivity contribution in [3.8, 4) is 17.2 Å². The van der Waals surface area contributed by atoms with Crippen molar-refractivity contribution >= 4 is 11.6 Å². The van der Waals surface area contributed by atoms with Crippen molar-refractivity contribution in [2.24, 2.45) is 0 Å². The lowest BCUT2D eigenvalue weighted by Crippen LogP contribution is -2.08. The summed E-state index contributed by atoms with van der Waals surface area (Å²) >= 11 is 0. The Hall–Kier alpha value is -2.75. The molecule has 0 radical (unpaired) electrons. The van der Waals surface area contributed by atoms with Gasteiger partial charge in [-0.1, -0.05) is 30.9 Å². The van der Waals surface area contributed by atoms with Gasteiger partial charge in [0.1, 0.15) is 23.9 Å². The number of carbonyl (C=O) groups is 1. The summed E-state index contributed by atoms with van der Waals surface area (Å²) in [7, 11) is 0. The molecule has 0 aliphatic rings. The topological polar surface area (TPSA) is 47.6 Å². The van der Waals surface area contributed by atoms with Gasteiger partial charge in [-0.2, -0.15) is 0 Å². The minimum Gasteiger partial charge on any atom is -0.487 e. The van der Waals surface area contributed by atoms with Gasteiger partial charge in [-0.15, -0.1) is 0 Å². The van der Waals surface area contributed by atoms with E-state index in [2.05, 4.69) is 11.9 Å². The fraction of sp³-hybridized carbons (Fsp3) is 0.118. The van der Waals surface area contributed by atoms with Crippen LogP contribution in [-0.4, -0.2) is 12.5 Å². The average Bonchev–Trinajstić information content (AvgIpc) is 2.47. The largest absolute Gasteiger partial charge is 0.487 e. The lowest BCUT2D eigenvalue weighted by atomic mass is 10.2. The summed E-state index contributed by atoms with van der Waals surface area (Å²) in [6, 6.07) is 14.7. The normalized spacial score (nSPS) is 9.76. The van der Waals surface area contributed by atoms with Crippen LogP contribution in [0, 0.1) is 0 Å². The molecule has 0 saturated heterocycles. The zero-order chi connectivity index (χ0) is 15.1. The van der Waals surface area contributed by atoms with Gasteiger partial charge in [0.05, 0.1) is 5.69 Å². The highest BCUT2D eigenvalue weighted by molar-refractivity contribution is 5.90. The Kier molecular flexibility index (Phi) is 4.99. The van der Waals surface area contributed by atoms with Crippen molar-refractivity contribution in [2.75, 3.05) is 11.9 Å². The molecule has 0 aliphatic carbocycles. The predicted octanol–water partition coefficient (Wildman–Crippen LogP) is 4.00. The Morgan fingerprint density at radius 2 is 1.95 bits per heavy atom. The van der Waals surface area contributed by atoms with Gasteiger partial charge in [-0.05, 0) is 24.3 Å². The van der Waals surface area contributed by atoms with Gasteiger partial charge in [0.2, 0.25) is 5.91 Å². The molecule has 2 rings (SSSR count). The van der Waals surface area contributed by atoms with Crippen LogP contribution in [0.25, 0.3) is 0 Å². The molecule has 1 amide bonds. The van der Waals surface area contributed by atoms with Crippen molar-refractivity contribution in [3.05, 3.63) is 61.2 Å². The van der Waals surface area contributed by atoms with E-state index in [0.717, 1.165) is 5.75 Å². The van der Waals surface area contributed by atoms with Gasteiger partial charge in [0, 0.05) is 13.0 Å². The smallest absolute Gasteiger partial charge is 0.221 e. The van der Waals surface area contributed by atoms with Crippen LogP contribution in [0.1, 0.15) is 6.92 Å². The second kappa shape index (κ2) is 7.14. The minimum atomic E-state index is -0.171. The summed E-state index contributed by atoms with van der Waals surface area (Å²) in [6.07, 6.45) is 1.64. The quantitative estimate of drug-likeness (QED) is 0.815. The highest BCUT2D eigenvalue weighted by atomic mass is 16.5. The first-order valence-electron chi connectivity index (χ1n) is 6.57.